The van der Waals surface area contributed by atoms with Crippen LogP contribution in [0.2, 0.25) is 0 Å². The van der Waals surface area contributed by atoms with Crippen molar-refractivity contribution in [1.29, 1.82) is 0 Å². The number of methoxy groups -OCH3 is 1. The molecule has 0 saturated carbocycles. The lowest BCUT2D eigenvalue weighted by molar-refractivity contribution is -0.303. The summed E-state index contributed by atoms with van der Waals surface area (Å²) >= 11 is 0. The molecule has 0 spiro atoms. The number of carboxylic acid groups (broad SMARTS) is 1. The number of rotatable bonds is 7. The summed E-state index contributed by atoms with van der Waals surface area (Å²) in [6.07, 6.45) is -7.36. The van der Waals surface area contributed by atoms with Crippen LogP contribution in [0.15, 0.2) is 0 Å². The summed E-state index contributed by atoms with van der Waals surface area (Å²) in [6.45, 7) is 0.480. The Morgan fingerprint density at radius 3 is 2.37 bits per heavy atom. The van der Waals surface area contributed by atoms with Gasteiger partial charge in [0.15, 0.2) is 0 Å². The SMILES string of the molecule is CO[C@]1(C(=O)O)C[C@H](O)[C@@H](NC(C)=O)[C@@H]([C@H](O)[C@H](O)CNC(=O)C(N)=O)O1. The van der Waals surface area contributed by atoms with Crippen molar-refractivity contribution >= 4 is 23.7 Å². The molecule has 1 aliphatic heterocycles. The number of amides is 3. The van der Waals surface area contributed by atoms with Crippen molar-refractivity contribution in [3.05, 3.63) is 0 Å². The van der Waals surface area contributed by atoms with E-state index in [0.717, 1.165) is 14.0 Å². The number of primary amides is 1. The second-order valence-electron chi connectivity index (χ2n) is 5.97. The molecule has 6 atom stereocenters. The summed E-state index contributed by atoms with van der Waals surface area (Å²) in [5.74, 6) is -7.09. The number of carbonyl (C=O) groups is 4. The molecule has 0 radical (unpaired) electrons. The third-order valence-electron chi connectivity index (χ3n) is 4.02. The van der Waals surface area contributed by atoms with Crippen LogP contribution in [-0.4, -0.2) is 94.0 Å². The first kappa shape index (κ1) is 22.7. The number of nitrogens with two attached hydrogens (primary N) is 1. The van der Waals surface area contributed by atoms with Gasteiger partial charge >= 0.3 is 17.8 Å². The van der Waals surface area contributed by atoms with E-state index in [1.165, 1.54) is 0 Å². The second-order valence-corrected chi connectivity index (χ2v) is 5.97. The number of hydrogen-bond acceptors (Lipinski definition) is 9. The van der Waals surface area contributed by atoms with E-state index in [1.54, 1.807) is 0 Å². The third kappa shape index (κ3) is 5.33. The molecule has 0 aromatic carbocycles. The molecule has 8 N–H and O–H groups in total. The van der Waals surface area contributed by atoms with E-state index in [-0.39, 0.29) is 0 Å². The zero-order valence-corrected chi connectivity index (χ0v) is 14.6. The summed E-state index contributed by atoms with van der Waals surface area (Å²) in [7, 11) is 1.01. The Bertz CT molecular complexity index is 600. The monoisotopic (exact) mass is 393 g/mol. The first-order chi connectivity index (χ1) is 12.4. The molecular formula is C14H23N3O10. The maximum atomic E-state index is 11.5. The Hall–Kier alpha value is -2.32. The van der Waals surface area contributed by atoms with Crippen molar-refractivity contribution in [3.8, 4) is 0 Å². The van der Waals surface area contributed by atoms with Crippen LogP contribution in [0.1, 0.15) is 13.3 Å². The van der Waals surface area contributed by atoms with Crippen molar-refractivity contribution in [3.63, 3.8) is 0 Å². The molecule has 0 unspecified atom stereocenters. The van der Waals surface area contributed by atoms with Gasteiger partial charge in [-0.25, -0.2) is 4.79 Å². The van der Waals surface area contributed by atoms with Crippen LogP contribution in [0, 0.1) is 0 Å². The van der Waals surface area contributed by atoms with Crippen molar-refractivity contribution in [2.45, 2.75) is 49.6 Å². The highest BCUT2D eigenvalue weighted by atomic mass is 16.7. The summed E-state index contributed by atoms with van der Waals surface area (Å²) in [6, 6.07) is -1.29. The molecule has 0 aromatic rings. The molecule has 0 aliphatic carbocycles. The predicted molar refractivity (Wildman–Crippen MR) is 84.7 cm³/mol. The maximum absolute atomic E-state index is 11.5. The average molecular weight is 393 g/mol. The van der Waals surface area contributed by atoms with Crippen molar-refractivity contribution < 1.29 is 49.1 Å². The van der Waals surface area contributed by atoms with Crippen molar-refractivity contribution in [1.82, 2.24) is 10.6 Å². The van der Waals surface area contributed by atoms with Crippen LogP contribution < -0.4 is 16.4 Å². The number of nitrogens with one attached hydrogen (secondary N) is 2. The van der Waals surface area contributed by atoms with Gasteiger partial charge in [0.1, 0.15) is 12.2 Å². The summed E-state index contributed by atoms with van der Waals surface area (Å²) in [5, 5.41) is 44.3. The lowest BCUT2D eigenvalue weighted by Gasteiger charge is -2.46. The number of carbonyl (C=O) groups excluding carboxylic acids is 3. The minimum atomic E-state index is -2.34. The van der Waals surface area contributed by atoms with Gasteiger partial charge in [0.25, 0.3) is 5.79 Å². The molecule has 1 aliphatic rings. The Balaban J connectivity index is 3.05. The fourth-order valence-electron chi connectivity index (χ4n) is 2.64. The Labute approximate surface area is 153 Å². The molecule has 13 nitrogen and oxygen atoms in total. The van der Waals surface area contributed by atoms with E-state index in [9.17, 15) is 39.6 Å². The van der Waals surface area contributed by atoms with Gasteiger partial charge in [-0.1, -0.05) is 0 Å². The summed E-state index contributed by atoms with van der Waals surface area (Å²) in [5.41, 5.74) is 4.74. The highest BCUT2D eigenvalue weighted by Gasteiger charge is 2.55. The van der Waals surface area contributed by atoms with Crippen LogP contribution in [0.4, 0.5) is 0 Å². The third-order valence-corrected chi connectivity index (χ3v) is 4.02. The zero-order chi connectivity index (χ0) is 20.9. The number of hydrogen-bond donors (Lipinski definition) is 7. The van der Waals surface area contributed by atoms with E-state index in [0.29, 0.717) is 0 Å². The van der Waals surface area contributed by atoms with Crippen molar-refractivity contribution in [2.75, 3.05) is 13.7 Å². The van der Waals surface area contributed by atoms with Gasteiger partial charge < -0.3 is 46.3 Å². The highest BCUT2D eigenvalue weighted by Crippen LogP contribution is 2.32. The topological polar surface area (TPSA) is 218 Å². The largest absolute Gasteiger partial charge is 0.477 e. The number of aliphatic hydroxyl groups excluding tert-OH is 3. The molecular weight excluding hydrogens is 370 g/mol. The molecule has 1 heterocycles. The Morgan fingerprint density at radius 1 is 1.33 bits per heavy atom. The molecule has 3 amide bonds. The molecule has 1 fully saturated rings. The van der Waals surface area contributed by atoms with Crippen LogP contribution in [-0.2, 0) is 28.7 Å². The quantitative estimate of drug-likeness (QED) is 0.205. The predicted octanol–water partition coefficient (Wildman–Crippen LogP) is -4.61. The van der Waals surface area contributed by atoms with Gasteiger partial charge in [-0.2, -0.15) is 0 Å². The molecule has 13 heteroatoms. The van der Waals surface area contributed by atoms with Gasteiger partial charge in [0.2, 0.25) is 5.91 Å². The number of aliphatic carboxylic acids is 1. The second kappa shape index (κ2) is 9.05. The molecule has 154 valence electrons. The smallest absolute Gasteiger partial charge is 0.364 e. The highest BCUT2D eigenvalue weighted by molar-refractivity contribution is 6.34. The molecule has 0 aromatic heterocycles. The standard InChI is InChI=1S/C14H23N3O10/c1-5(18)17-8-6(19)3-14(26-2,13(24)25)27-10(8)9(21)7(20)4-16-12(23)11(15)22/h6-10,19-21H,3-4H2,1-2H3,(H2,15,22)(H,16,23)(H,17,18)(H,24,25)/t6-,7+,8+,9+,10-,14+/m0/s1. The molecule has 27 heavy (non-hydrogen) atoms. The van der Waals surface area contributed by atoms with Gasteiger partial charge in [-0.3, -0.25) is 14.4 Å². The lowest BCUT2D eigenvalue weighted by Crippen LogP contribution is -2.68. The van der Waals surface area contributed by atoms with E-state index in [4.69, 9.17) is 15.2 Å². The van der Waals surface area contributed by atoms with Crippen LogP contribution >= 0.6 is 0 Å². The molecule has 1 saturated heterocycles. The minimum absolute atomic E-state index is 0.568. The first-order valence-corrected chi connectivity index (χ1v) is 7.80. The van der Waals surface area contributed by atoms with E-state index in [2.05, 4.69) is 5.32 Å². The van der Waals surface area contributed by atoms with Gasteiger partial charge in [-0.05, 0) is 0 Å². The summed E-state index contributed by atoms with van der Waals surface area (Å²) in [4.78, 5) is 44.7. The minimum Gasteiger partial charge on any atom is -0.477 e. The Kier molecular flexibility index (Phi) is 7.62. The zero-order valence-electron chi connectivity index (χ0n) is 14.6. The van der Waals surface area contributed by atoms with E-state index in [1.807, 2.05) is 5.32 Å². The normalized spacial score (nSPS) is 30.0. The fourth-order valence-corrected chi connectivity index (χ4v) is 2.64. The molecule has 0 bridgehead atoms. The first-order valence-electron chi connectivity index (χ1n) is 7.80. The van der Waals surface area contributed by atoms with Crippen molar-refractivity contribution in [2.24, 2.45) is 5.73 Å². The van der Waals surface area contributed by atoms with Crippen LogP contribution in [0.5, 0.6) is 0 Å². The van der Waals surface area contributed by atoms with Gasteiger partial charge in [0, 0.05) is 27.0 Å². The number of aliphatic hydroxyl groups is 3. The van der Waals surface area contributed by atoms with E-state index < -0.39 is 72.9 Å². The van der Waals surface area contributed by atoms with Gasteiger partial charge in [-0.15, -0.1) is 0 Å². The van der Waals surface area contributed by atoms with Crippen LogP contribution in [0.25, 0.3) is 0 Å². The lowest BCUT2D eigenvalue weighted by atomic mass is 9.88. The molecule has 1 rings (SSSR count). The van der Waals surface area contributed by atoms with E-state index >= 15 is 0 Å². The number of ether oxygens (including phenoxy) is 2. The van der Waals surface area contributed by atoms with Crippen LogP contribution in [0.3, 0.4) is 0 Å². The maximum Gasteiger partial charge on any atom is 0.364 e. The fraction of sp³-hybridized carbons (Fsp3) is 0.714. The Morgan fingerprint density at radius 2 is 1.93 bits per heavy atom. The number of carboxylic acids is 1. The van der Waals surface area contributed by atoms with Gasteiger partial charge in [0.05, 0.1) is 18.2 Å². The summed E-state index contributed by atoms with van der Waals surface area (Å²) < 4.78 is 10.1. The average Bonchev–Trinajstić information content (AvgIpc) is 2.59.